The molecule has 7 heteroatoms. The number of nitrogens with one attached hydrogen (secondary N) is 1. The quantitative estimate of drug-likeness (QED) is 0.733. The molecule has 0 aliphatic heterocycles. The summed E-state index contributed by atoms with van der Waals surface area (Å²) in [6.45, 7) is 11.1. The molecule has 1 heterocycles. The maximum atomic E-state index is 12.7. The van der Waals surface area contributed by atoms with Gasteiger partial charge in [0.15, 0.2) is 11.5 Å². The monoisotopic (exact) mass is 361 g/mol. The number of hydrogen-bond donors (Lipinski definition) is 1. The average molecular weight is 361 g/mol. The first-order chi connectivity index (χ1) is 12.5. The molecular formula is C19H27N3O4. The van der Waals surface area contributed by atoms with Crippen LogP contribution in [0.15, 0.2) is 24.5 Å². The van der Waals surface area contributed by atoms with Gasteiger partial charge in [-0.05, 0) is 46.8 Å². The van der Waals surface area contributed by atoms with Gasteiger partial charge in [0.1, 0.15) is 0 Å². The molecule has 0 radical (unpaired) electrons. The fourth-order valence-electron chi connectivity index (χ4n) is 2.41. The highest BCUT2D eigenvalue weighted by Crippen LogP contribution is 2.39. The first-order valence-electron chi connectivity index (χ1n) is 8.92. The van der Waals surface area contributed by atoms with Crippen molar-refractivity contribution in [2.75, 3.05) is 25.1 Å². The largest absolute Gasteiger partial charge is 0.490 e. The topological polar surface area (TPSA) is 74.6 Å². The maximum absolute atomic E-state index is 12.7. The number of amides is 1. The summed E-state index contributed by atoms with van der Waals surface area (Å²) in [7, 11) is 0. The molecule has 0 aliphatic rings. The van der Waals surface area contributed by atoms with Crippen LogP contribution in [-0.2, 0) is 0 Å². The van der Waals surface area contributed by atoms with Gasteiger partial charge in [-0.25, -0.2) is 0 Å². The standard InChI is InChI=1S/C19H27N3O4/c1-6-24-16-9-14(10-17(25-7-2)18(16)26-8-3)19(23)21-15-11-20-22(12-15)13(4)5/h9-13H,6-8H2,1-5H3,(H,21,23). The van der Waals surface area contributed by atoms with E-state index in [0.717, 1.165) is 0 Å². The lowest BCUT2D eigenvalue weighted by molar-refractivity contribution is 0.102. The molecule has 2 rings (SSSR count). The molecule has 1 N–H and O–H groups in total. The molecule has 0 fully saturated rings. The molecule has 26 heavy (non-hydrogen) atoms. The van der Waals surface area contributed by atoms with E-state index in [1.165, 1.54) is 0 Å². The summed E-state index contributed by atoms with van der Waals surface area (Å²) in [6.07, 6.45) is 3.42. The highest BCUT2D eigenvalue weighted by atomic mass is 16.5. The Labute approximate surface area is 154 Å². The molecule has 0 bridgehead atoms. The van der Waals surface area contributed by atoms with Crippen molar-refractivity contribution in [1.29, 1.82) is 0 Å². The second kappa shape index (κ2) is 9.12. The van der Waals surface area contributed by atoms with Gasteiger partial charge in [0.25, 0.3) is 5.91 Å². The van der Waals surface area contributed by atoms with Gasteiger partial charge in [-0.3, -0.25) is 9.48 Å². The smallest absolute Gasteiger partial charge is 0.256 e. The zero-order valence-electron chi connectivity index (χ0n) is 16.0. The zero-order valence-corrected chi connectivity index (χ0v) is 16.0. The number of carbonyl (C=O) groups is 1. The van der Waals surface area contributed by atoms with Crippen LogP contribution in [0.25, 0.3) is 0 Å². The predicted molar refractivity (Wildman–Crippen MR) is 101 cm³/mol. The minimum atomic E-state index is -0.265. The Balaban J connectivity index is 2.32. The van der Waals surface area contributed by atoms with Crippen molar-refractivity contribution >= 4 is 11.6 Å². The normalized spacial score (nSPS) is 10.7. The summed E-state index contributed by atoms with van der Waals surface area (Å²) in [5, 5.41) is 7.08. The molecule has 0 atom stereocenters. The predicted octanol–water partition coefficient (Wildman–Crippen LogP) is 3.91. The van der Waals surface area contributed by atoms with Crippen molar-refractivity contribution in [3.63, 3.8) is 0 Å². The fourth-order valence-corrected chi connectivity index (χ4v) is 2.41. The lowest BCUT2D eigenvalue weighted by Crippen LogP contribution is -2.13. The van der Waals surface area contributed by atoms with E-state index in [4.69, 9.17) is 14.2 Å². The van der Waals surface area contributed by atoms with Gasteiger partial charge >= 0.3 is 0 Å². The van der Waals surface area contributed by atoms with Crippen LogP contribution in [0.3, 0.4) is 0 Å². The Hall–Kier alpha value is -2.70. The van der Waals surface area contributed by atoms with E-state index >= 15 is 0 Å². The molecule has 1 aromatic heterocycles. The third-order valence-corrected chi connectivity index (χ3v) is 3.56. The summed E-state index contributed by atoms with van der Waals surface area (Å²) >= 11 is 0. The number of anilines is 1. The van der Waals surface area contributed by atoms with Crippen molar-refractivity contribution in [2.24, 2.45) is 0 Å². The SMILES string of the molecule is CCOc1cc(C(=O)Nc2cnn(C(C)C)c2)cc(OCC)c1OCC. The van der Waals surface area contributed by atoms with Gasteiger partial charge in [0.05, 0.1) is 31.7 Å². The summed E-state index contributed by atoms with van der Waals surface area (Å²) in [5.41, 5.74) is 1.06. The fraction of sp³-hybridized carbons (Fsp3) is 0.474. The lowest BCUT2D eigenvalue weighted by atomic mass is 10.1. The third-order valence-electron chi connectivity index (χ3n) is 3.56. The van der Waals surface area contributed by atoms with Gasteiger partial charge in [-0.2, -0.15) is 5.10 Å². The molecule has 0 saturated carbocycles. The molecule has 142 valence electrons. The number of ether oxygens (including phenoxy) is 3. The van der Waals surface area contributed by atoms with E-state index in [0.29, 0.717) is 48.3 Å². The number of rotatable bonds is 9. The highest BCUT2D eigenvalue weighted by Gasteiger charge is 2.19. The third kappa shape index (κ3) is 4.68. The Morgan fingerprint density at radius 3 is 2.12 bits per heavy atom. The molecule has 1 aromatic carbocycles. The average Bonchev–Trinajstić information content (AvgIpc) is 3.06. The molecule has 0 saturated heterocycles. The van der Waals surface area contributed by atoms with Crippen LogP contribution >= 0.6 is 0 Å². The summed E-state index contributed by atoms with van der Waals surface area (Å²) < 4.78 is 18.7. The molecular weight excluding hydrogens is 334 g/mol. The first-order valence-corrected chi connectivity index (χ1v) is 8.92. The van der Waals surface area contributed by atoms with Crippen LogP contribution in [0, 0.1) is 0 Å². The second-order valence-corrected chi connectivity index (χ2v) is 5.86. The van der Waals surface area contributed by atoms with Crippen LogP contribution in [0.1, 0.15) is 51.0 Å². The molecule has 0 unspecified atom stereocenters. The van der Waals surface area contributed by atoms with E-state index < -0.39 is 0 Å². The van der Waals surface area contributed by atoms with Crippen LogP contribution in [0.5, 0.6) is 17.2 Å². The van der Waals surface area contributed by atoms with Crippen molar-refractivity contribution in [3.05, 3.63) is 30.1 Å². The van der Waals surface area contributed by atoms with Gasteiger partial charge in [-0.1, -0.05) is 0 Å². The van der Waals surface area contributed by atoms with Gasteiger partial charge in [0, 0.05) is 17.8 Å². The van der Waals surface area contributed by atoms with Crippen molar-refractivity contribution in [2.45, 2.75) is 40.7 Å². The Morgan fingerprint density at radius 2 is 1.65 bits per heavy atom. The maximum Gasteiger partial charge on any atom is 0.256 e. The molecule has 2 aromatic rings. The summed E-state index contributed by atoms with van der Waals surface area (Å²) in [4.78, 5) is 12.7. The zero-order chi connectivity index (χ0) is 19.1. The van der Waals surface area contributed by atoms with Crippen LogP contribution in [-0.4, -0.2) is 35.5 Å². The summed E-state index contributed by atoms with van der Waals surface area (Å²) in [5.74, 6) is 1.23. The second-order valence-electron chi connectivity index (χ2n) is 5.86. The number of carbonyl (C=O) groups excluding carboxylic acids is 1. The van der Waals surface area contributed by atoms with Crippen molar-refractivity contribution < 1.29 is 19.0 Å². The number of aromatic nitrogens is 2. The molecule has 1 amide bonds. The molecule has 0 spiro atoms. The molecule has 0 aliphatic carbocycles. The number of benzene rings is 1. The Kier molecular flexibility index (Phi) is 6.89. The Morgan fingerprint density at radius 1 is 1.08 bits per heavy atom. The van der Waals surface area contributed by atoms with Crippen molar-refractivity contribution in [1.82, 2.24) is 9.78 Å². The van der Waals surface area contributed by atoms with E-state index in [-0.39, 0.29) is 11.9 Å². The van der Waals surface area contributed by atoms with Gasteiger partial charge in [0.2, 0.25) is 5.75 Å². The highest BCUT2D eigenvalue weighted by molar-refractivity contribution is 6.05. The number of nitrogens with zero attached hydrogens (tertiary/aromatic N) is 2. The first kappa shape index (κ1) is 19.6. The van der Waals surface area contributed by atoms with Gasteiger partial charge < -0.3 is 19.5 Å². The minimum absolute atomic E-state index is 0.222. The van der Waals surface area contributed by atoms with E-state index in [1.807, 2.05) is 34.6 Å². The van der Waals surface area contributed by atoms with E-state index in [9.17, 15) is 4.79 Å². The minimum Gasteiger partial charge on any atom is -0.490 e. The van der Waals surface area contributed by atoms with Crippen LogP contribution in [0.2, 0.25) is 0 Å². The Bertz CT molecular complexity index is 713. The summed E-state index contributed by atoms with van der Waals surface area (Å²) in [6, 6.07) is 3.55. The number of hydrogen-bond acceptors (Lipinski definition) is 5. The van der Waals surface area contributed by atoms with Gasteiger partial charge in [-0.15, -0.1) is 0 Å². The van der Waals surface area contributed by atoms with Crippen molar-refractivity contribution in [3.8, 4) is 17.2 Å². The molecule has 7 nitrogen and oxygen atoms in total. The van der Waals surface area contributed by atoms with Crippen LogP contribution < -0.4 is 19.5 Å². The van der Waals surface area contributed by atoms with E-state index in [1.54, 1.807) is 29.2 Å². The van der Waals surface area contributed by atoms with E-state index in [2.05, 4.69) is 10.4 Å². The lowest BCUT2D eigenvalue weighted by Gasteiger charge is -2.17. The van der Waals surface area contributed by atoms with Crippen LogP contribution in [0.4, 0.5) is 5.69 Å².